The summed E-state index contributed by atoms with van der Waals surface area (Å²) in [4.78, 5) is 20.7. The first kappa shape index (κ1) is 20.3. The lowest BCUT2D eigenvalue weighted by Gasteiger charge is -2.38. The van der Waals surface area contributed by atoms with Crippen LogP contribution in [-0.4, -0.2) is 52.5 Å². The summed E-state index contributed by atoms with van der Waals surface area (Å²) in [7, 11) is 0. The molecule has 5 rings (SSSR count). The summed E-state index contributed by atoms with van der Waals surface area (Å²) in [6.07, 6.45) is 3.91. The van der Waals surface area contributed by atoms with Crippen molar-refractivity contribution in [1.29, 1.82) is 5.26 Å². The van der Waals surface area contributed by atoms with Gasteiger partial charge in [-0.15, -0.1) is 4.99 Å². The van der Waals surface area contributed by atoms with Gasteiger partial charge in [0.25, 0.3) is 0 Å². The number of benzene rings is 2. The van der Waals surface area contributed by atoms with Crippen molar-refractivity contribution in [2.75, 3.05) is 29.4 Å². The average molecular weight is 426 g/mol. The summed E-state index contributed by atoms with van der Waals surface area (Å²) in [5.74, 6) is 1.65. The molecule has 2 unspecified atom stereocenters. The van der Waals surface area contributed by atoms with Gasteiger partial charge in [-0.25, -0.2) is 4.98 Å². The first-order valence-electron chi connectivity index (χ1n) is 11.0. The van der Waals surface area contributed by atoms with Crippen molar-refractivity contribution in [2.24, 2.45) is 4.99 Å². The molecule has 2 atom stereocenters. The number of anilines is 2. The van der Waals surface area contributed by atoms with Crippen LogP contribution in [0, 0.1) is 32.2 Å². The standard InChI is InChI=1S/C25H27N7/c1-16-7-5-6-8-22(16)32-19(4)23-14-30(9-10-31(23)25(32)28-15-26)24-13-27-20-11-17(2)18(3)12-21(20)29-24/h5-8,11-13,19,23H,9-10,14H2,1-4H3. The van der Waals surface area contributed by atoms with Crippen molar-refractivity contribution in [2.45, 2.75) is 39.8 Å². The molecular formula is C25H27N7. The Kier molecular flexibility index (Phi) is 4.93. The van der Waals surface area contributed by atoms with Gasteiger partial charge in [-0.2, -0.15) is 5.26 Å². The second kappa shape index (κ2) is 7.79. The average Bonchev–Trinajstić information content (AvgIpc) is 3.06. The molecule has 162 valence electrons. The number of nitriles is 1. The second-order valence-electron chi connectivity index (χ2n) is 8.77. The molecule has 2 aromatic carbocycles. The normalized spacial score (nSPS) is 21.8. The Bertz CT molecular complexity index is 1260. The van der Waals surface area contributed by atoms with E-state index in [1.165, 1.54) is 16.7 Å². The number of aliphatic imine (C=N–C) groups is 1. The summed E-state index contributed by atoms with van der Waals surface area (Å²) in [6, 6.07) is 12.9. The maximum absolute atomic E-state index is 9.39. The van der Waals surface area contributed by atoms with E-state index in [9.17, 15) is 5.26 Å². The lowest BCUT2D eigenvalue weighted by Crippen LogP contribution is -2.54. The quantitative estimate of drug-likeness (QED) is 0.582. The van der Waals surface area contributed by atoms with Crippen molar-refractivity contribution in [3.8, 4) is 6.19 Å². The van der Waals surface area contributed by atoms with Gasteiger partial charge in [-0.05, 0) is 62.6 Å². The van der Waals surface area contributed by atoms with Gasteiger partial charge in [0, 0.05) is 25.3 Å². The highest BCUT2D eigenvalue weighted by molar-refractivity contribution is 6.00. The van der Waals surface area contributed by atoms with Crippen LogP contribution in [0.1, 0.15) is 23.6 Å². The first-order chi connectivity index (χ1) is 15.5. The Balaban J connectivity index is 1.47. The fraction of sp³-hybridized carbons (Fsp3) is 0.360. The van der Waals surface area contributed by atoms with Crippen LogP contribution < -0.4 is 9.80 Å². The van der Waals surface area contributed by atoms with E-state index in [4.69, 9.17) is 4.98 Å². The fourth-order valence-electron chi connectivity index (χ4n) is 4.91. The van der Waals surface area contributed by atoms with Gasteiger partial charge in [-0.1, -0.05) is 18.2 Å². The van der Waals surface area contributed by atoms with Crippen LogP contribution in [0.5, 0.6) is 0 Å². The lowest BCUT2D eigenvalue weighted by atomic mass is 10.1. The van der Waals surface area contributed by atoms with Gasteiger partial charge >= 0.3 is 0 Å². The van der Waals surface area contributed by atoms with E-state index in [0.717, 1.165) is 48.1 Å². The number of guanidine groups is 1. The largest absolute Gasteiger partial charge is 0.351 e. The number of hydrogen-bond donors (Lipinski definition) is 0. The van der Waals surface area contributed by atoms with E-state index in [1.54, 1.807) is 0 Å². The topological polar surface area (TPSA) is 71.7 Å². The molecule has 0 amide bonds. The predicted octanol–water partition coefficient (Wildman–Crippen LogP) is 3.79. The van der Waals surface area contributed by atoms with Gasteiger partial charge < -0.3 is 14.7 Å². The molecule has 0 N–H and O–H groups in total. The third kappa shape index (κ3) is 3.23. The summed E-state index contributed by atoms with van der Waals surface area (Å²) >= 11 is 0. The van der Waals surface area contributed by atoms with Gasteiger partial charge in [0.05, 0.1) is 29.3 Å². The SMILES string of the molecule is Cc1cc2ncc(N3CCN4C(=NC#N)N(c5ccccc5C)C(C)C4C3)nc2cc1C. The van der Waals surface area contributed by atoms with Crippen molar-refractivity contribution in [1.82, 2.24) is 14.9 Å². The highest BCUT2D eigenvalue weighted by Gasteiger charge is 2.45. The van der Waals surface area contributed by atoms with Crippen LogP contribution in [0.4, 0.5) is 11.5 Å². The zero-order valence-electron chi connectivity index (χ0n) is 18.9. The molecule has 2 aliphatic heterocycles. The molecule has 0 radical (unpaired) electrons. The molecule has 1 aromatic heterocycles. The summed E-state index contributed by atoms with van der Waals surface area (Å²) < 4.78 is 0. The van der Waals surface area contributed by atoms with E-state index in [0.29, 0.717) is 0 Å². The molecule has 0 saturated carbocycles. The molecule has 0 bridgehead atoms. The molecule has 2 saturated heterocycles. The van der Waals surface area contributed by atoms with Crippen LogP contribution in [0.2, 0.25) is 0 Å². The molecule has 0 spiro atoms. The molecule has 2 fully saturated rings. The zero-order chi connectivity index (χ0) is 22.4. The molecule has 2 aliphatic rings. The summed E-state index contributed by atoms with van der Waals surface area (Å²) in [6.45, 7) is 10.9. The van der Waals surface area contributed by atoms with Crippen LogP contribution in [0.3, 0.4) is 0 Å². The Morgan fingerprint density at radius 2 is 1.78 bits per heavy atom. The summed E-state index contributed by atoms with van der Waals surface area (Å²) in [5, 5.41) is 9.39. The van der Waals surface area contributed by atoms with Crippen LogP contribution >= 0.6 is 0 Å². The third-order valence-corrected chi connectivity index (χ3v) is 6.85. The molecule has 7 nitrogen and oxygen atoms in total. The predicted molar refractivity (Wildman–Crippen MR) is 128 cm³/mol. The Morgan fingerprint density at radius 3 is 2.53 bits per heavy atom. The van der Waals surface area contributed by atoms with Crippen molar-refractivity contribution in [3.05, 3.63) is 59.3 Å². The number of piperazine rings is 1. The van der Waals surface area contributed by atoms with Gasteiger partial charge in [0.15, 0.2) is 0 Å². The third-order valence-electron chi connectivity index (χ3n) is 6.85. The highest BCUT2D eigenvalue weighted by Crippen LogP contribution is 2.34. The highest BCUT2D eigenvalue weighted by atomic mass is 15.5. The van der Waals surface area contributed by atoms with E-state index in [-0.39, 0.29) is 12.1 Å². The maximum atomic E-state index is 9.39. The second-order valence-corrected chi connectivity index (χ2v) is 8.77. The van der Waals surface area contributed by atoms with Gasteiger partial charge in [-0.3, -0.25) is 4.98 Å². The summed E-state index contributed by atoms with van der Waals surface area (Å²) in [5.41, 5.74) is 6.59. The number of aromatic nitrogens is 2. The Labute approximate surface area is 188 Å². The van der Waals surface area contributed by atoms with Crippen molar-refractivity contribution in [3.63, 3.8) is 0 Å². The smallest absolute Gasteiger partial charge is 0.217 e. The zero-order valence-corrected chi connectivity index (χ0v) is 18.9. The van der Waals surface area contributed by atoms with Crippen LogP contribution in [0.15, 0.2) is 47.6 Å². The number of para-hydroxylation sites is 1. The minimum atomic E-state index is 0.171. The number of rotatable bonds is 2. The number of hydrogen-bond acceptors (Lipinski definition) is 5. The minimum Gasteiger partial charge on any atom is -0.351 e. The van der Waals surface area contributed by atoms with Crippen LogP contribution in [0.25, 0.3) is 11.0 Å². The van der Waals surface area contributed by atoms with E-state index >= 15 is 0 Å². The monoisotopic (exact) mass is 425 g/mol. The van der Waals surface area contributed by atoms with E-state index < -0.39 is 0 Å². The molecular weight excluding hydrogens is 398 g/mol. The van der Waals surface area contributed by atoms with E-state index in [2.05, 4.69) is 76.6 Å². The molecule has 3 heterocycles. The lowest BCUT2D eigenvalue weighted by molar-refractivity contribution is 0.288. The maximum Gasteiger partial charge on any atom is 0.217 e. The van der Waals surface area contributed by atoms with Crippen molar-refractivity contribution < 1.29 is 0 Å². The van der Waals surface area contributed by atoms with Gasteiger partial charge in [0.1, 0.15) is 5.82 Å². The molecule has 3 aromatic rings. The van der Waals surface area contributed by atoms with E-state index in [1.807, 2.05) is 24.5 Å². The van der Waals surface area contributed by atoms with Crippen LogP contribution in [-0.2, 0) is 0 Å². The minimum absolute atomic E-state index is 0.171. The first-order valence-corrected chi connectivity index (χ1v) is 11.0. The van der Waals surface area contributed by atoms with Crippen molar-refractivity contribution >= 4 is 28.5 Å². The Hall–Kier alpha value is -3.66. The number of fused-ring (bicyclic) bond motifs is 2. The number of aryl methyl sites for hydroxylation is 3. The molecule has 0 aliphatic carbocycles. The molecule has 32 heavy (non-hydrogen) atoms. The Morgan fingerprint density at radius 1 is 1.03 bits per heavy atom. The fourth-order valence-corrected chi connectivity index (χ4v) is 4.91. The van der Waals surface area contributed by atoms with Gasteiger partial charge in [0.2, 0.25) is 12.2 Å². The molecule has 7 heteroatoms. The number of nitrogens with zero attached hydrogens (tertiary/aromatic N) is 7.